The van der Waals surface area contributed by atoms with Gasteiger partial charge in [-0.05, 0) is 30.5 Å². The van der Waals surface area contributed by atoms with Crippen LogP contribution in [0.15, 0.2) is 30.5 Å². The van der Waals surface area contributed by atoms with Gasteiger partial charge in [0.15, 0.2) is 0 Å². The lowest BCUT2D eigenvalue weighted by molar-refractivity contribution is 0.424. The quantitative estimate of drug-likeness (QED) is 0.829. The molecule has 0 radical (unpaired) electrons. The van der Waals surface area contributed by atoms with Crippen LogP contribution in [-0.4, -0.2) is 9.78 Å². The number of rotatable bonds is 6. The third kappa shape index (κ3) is 3.79. The van der Waals surface area contributed by atoms with Gasteiger partial charge in [0.1, 0.15) is 0 Å². The van der Waals surface area contributed by atoms with Gasteiger partial charge in [-0.1, -0.05) is 49.2 Å². The Bertz CT molecular complexity index is 591. The summed E-state index contributed by atoms with van der Waals surface area (Å²) in [7, 11) is 0. The lowest BCUT2D eigenvalue weighted by atomic mass is 10.0. The van der Waals surface area contributed by atoms with E-state index in [1.54, 1.807) is 6.07 Å². The molecule has 1 aromatic heterocycles. The van der Waals surface area contributed by atoms with Crippen LogP contribution in [0, 0.1) is 0 Å². The molecule has 0 saturated carbocycles. The molecule has 1 aromatic carbocycles. The largest absolute Gasteiger partial charge is 0.324 e. The molecule has 0 bridgehead atoms. The Morgan fingerprint density at radius 2 is 1.90 bits per heavy atom. The smallest absolute Gasteiger partial charge is 0.0643 e. The molecule has 1 heterocycles. The lowest BCUT2D eigenvalue weighted by Crippen LogP contribution is -2.15. The number of benzene rings is 1. The number of aromatic nitrogens is 2. The van der Waals surface area contributed by atoms with E-state index < -0.39 is 0 Å². The normalized spacial score (nSPS) is 12.9. The van der Waals surface area contributed by atoms with E-state index in [0.29, 0.717) is 22.5 Å². The van der Waals surface area contributed by atoms with Gasteiger partial charge >= 0.3 is 0 Å². The van der Waals surface area contributed by atoms with Crippen LogP contribution >= 0.6 is 23.2 Å². The van der Waals surface area contributed by atoms with Gasteiger partial charge in [0.2, 0.25) is 0 Å². The van der Waals surface area contributed by atoms with Crippen molar-refractivity contribution in [2.24, 2.45) is 5.73 Å². The fourth-order valence-corrected chi connectivity index (χ4v) is 2.94. The SMILES string of the molecule is CCC(CC)n1ccc(CC(N)c2cccc(Cl)c2Cl)n1. The van der Waals surface area contributed by atoms with Crippen molar-refractivity contribution in [1.82, 2.24) is 9.78 Å². The van der Waals surface area contributed by atoms with Crippen molar-refractivity contribution in [2.45, 2.75) is 45.2 Å². The average Bonchev–Trinajstić information content (AvgIpc) is 2.91. The molecule has 2 N–H and O–H groups in total. The van der Waals surface area contributed by atoms with Crippen molar-refractivity contribution in [3.63, 3.8) is 0 Å². The fourth-order valence-electron chi connectivity index (χ4n) is 2.49. The summed E-state index contributed by atoms with van der Waals surface area (Å²) in [5.74, 6) is 0. The highest BCUT2D eigenvalue weighted by Crippen LogP contribution is 2.30. The fraction of sp³-hybridized carbons (Fsp3) is 0.438. The molecular formula is C16H21Cl2N3. The standard InChI is InChI=1S/C16H21Cl2N3/c1-3-12(4-2)21-9-8-11(20-21)10-15(19)13-6-5-7-14(17)16(13)18/h5-9,12,15H,3-4,10,19H2,1-2H3. The Kier molecular flexibility index (Phi) is 5.68. The van der Waals surface area contributed by atoms with Crippen LogP contribution < -0.4 is 5.73 Å². The zero-order valence-corrected chi connectivity index (χ0v) is 13.9. The van der Waals surface area contributed by atoms with Gasteiger partial charge in [-0.15, -0.1) is 0 Å². The molecule has 1 unspecified atom stereocenters. The second kappa shape index (κ2) is 7.30. The molecule has 0 spiro atoms. The van der Waals surface area contributed by atoms with Crippen LogP contribution in [0.3, 0.4) is 0 Å². The Hall–Kier alpha value is -1.03. The summed E-state index contributed by atoms with van der Waals surface area (Å²) >= 11 is 12.3. The van der Waals surface area contributed by atoms with Crippen LogP contribution in [0.2, 0.25) is 10.0 Å². The summed E-state index contributed by atoms with van der Waals surface area (Å²) in [5, 5.41) is 5.70. The van der Waals surface area contributed by atoms with Gasteiger partial charge in [0, 0.05) is 18.7 Å². The van der Waals surface area contributed by atoms with Crippen LogP contribution in [-0.2, 0) is 6.42 Å². The van der Waals surface area contributed by atoms with Gasteiger partial charge in [-0.2, -0.15) is 5.10 Å². The second-order valence-electron chi connectivity index (χ2n) is 5.21. The number of hydrogen-bond acceptors (Lipinski definition) is 2. The predicted molar refractivity (Wildman–Crippen MR) is 88.9 cm³/mol. The maximum atomic E-state index is 6.25. The van der Waals surface area contributed by atoms with E-state index in [0.717, 1.165) is 24.1 Å². The molecule has 114 valence electrons. The minimum Gasteiger partial charge on any atom is -0.324 e. The molecule has 3 nitrogen and oxygen atoms in total. The summed E-state index contributed by atoms with van der Waals surface area (Å²) in [5.41, 5.74) is 8.09. The number of hydrogen-bond donors (Lipinski definition) is 1. The maximum absolute atomic E-state index is 6.25. The average molecular weight is 326 g/mol. The number of nitrogens with zero attached hydrogens (tertiary/aromatic N) is 2. The molecule has 5 heteroatoms. The van der Waals surface area contributed by atoms with Gasteiger partial charge in [-0.3, -0.25) is 4.68 Å². The van der Waals surface area contributed by atoms with Crippen molar-refractivity contribution in [3.05, 3.63) is 51.8 Å². The third-order valence-corrected chi connectivity index (χ3v) is 4.62. The molecule has 21 heavy (non-hydrogen) atoms. The monoisotopic (exact) mass is 325 g/mol. The maximum Gasteiger partial charge on any atom is 0.0643 e. The van der Waals surface area contributed by atoms with E-state index in [4.69, 9.17) is 28.9 Å². The van der Waals surface area contributed by atoms with E-state index in [9.17, 15) is 0 Å². The minimum absolute atomic E-state index is 0.207. The highest BCUT2D eigenvalue weighted by molar-refractivity contribution is 6.42. The highest BCUT2D eigenvalue weighted by atomic mass is 35.5. The summed E-state index contributed by atoms with van der Waals surface area (Å²) in [6.45, 7) is 4.35. The summed E-state index contributed by atoms with van der Waals surface area (Å²) in [6, 6.07) is 7.81. The van der Waals surface area contributed by atoms with E-state index >= 15 is 0 Å². The van der Waals surface area contributed by atoms with Crippen LogP contribution in [0.4, 0.5) is 0 Å². The third-order valence-electron chi connectivity index (χ3n) is 3.79. The first-order valence-electron chi connectivity index (χ1n) is 7.30. The van der Waals surface area contributed by atoms with Gasteiger partial charge in [0.05, 0.1) is 21.8 Å². The Labute approximate surface area is 136 Å². The molecule has 2 aromatic rings. The first kappa shape index (κ1) is 16.3. The lowest BCUT2D eigenvalue weighted by Gasteiger charge is -2.14. The van der Waals surface area contributed by atoms with Crippen molar-refractivity contribution < 1.29 is 0 Å². The molecular weight excluding hydrogens is 305 g/mol. The molecule has 0 amide bonds. The van der Waals surface area contributed by atoms with Crippen LogP contribution in [0.25, 0.3) is 0 Å². The molecule has 0 saturated heterocycles. The first-order chi connectivity index (χ1) is 10.1. The Morgan fingerprint density at radius 1 is 1.19 bits per heavy atom. The van der Waals surface area contributed by atoms with E-state index in [1.165, 1.54) is 0 Å². The van der Waals surface area contributed by atoms with Gasteiger partial charge in [-0.25, -0.2) is 0 Å². The van der Waals surface area contributed by atoms with Crippen molar-refractivity contribution in [1.29, 1.82) is 0 Å². The van der Waals surface area contributed by atoms with E-state index in [2.05, 4.69) is 18.9 Å². The van der Waals surface area contributed by atoms with Crippen LogP contribution in [0.1, 0.15) is 50.0 Å². The zero-order chi connectivity index (χ0) is 15.4. The number of halogens is 2. The predicted octanol–water partition coefficient (Wildman–Crippen LogP) is 4.79. The summed E-state index contributed by atoms with van der Waals surface area (Å²) in [6.07, 6.45) is 4.82. The Balaban J connectivity index is 2.13. The highest BCUT2D eigenvalue weighted by Gasteiger charge is 2.15. The number of nitrogens with two attached hydrogens (primary N) is 1. The summed E-state index contributed by atoms with van der Waals surface area (Å²) in [4.78, 5) is 0. The zero-order valence-electron chi connectivity index (χ0n) is 12.4. The molecule has 1 atom stereocenters. The van der Waals surface area contributed by atoms with E-state index in [-0.39, 0.29) is 6.04 Å². The molecule has 0 aliphatic carbocycles. The summed E-state index contributed by atoms with van der Waals surface area (Å²) < 4.78 is 2.03. The minimum atomic E-state index is -0.207. The van der Waals surface area contributed by atoms with E-state index in [1.807, 2.05) is 29.1 Å². The van der Waals surface area contributed by atoms with Crippen molar-refractivity contribution in [2.75, 3.05) is 0 Å². The molecule has 0 aliphatic rings. The molecule has 0 fully saturated rings. The van der Waals surface area contributed by atoms with Crippen molar-refractivity contribution in [3.8, 4) is 0 Å². The Morgan fingerprint density at radius 3 is 2.57 bits per heavy atom. The van der Waals surface area contributed by atoms with Gasteiger partial charge < -0.3 is 5.73 Å². The molecule has 0 aliphatic heterocycles. The van der Waals surface area contributed by atoms with Crippen LogP contribution in [0.5, 0.6) is 0 Å². The van der Waals surface area contributed by atoms with Gasteiger partial charge in [0.25, 0.3) is 0 Å². The second-order valence-corrected chi connectivity index (χ2v) is 6.00. The van der Waals surface area contributed by atoms with Crippen molar-refractivity contribution >= 4 is 23.2 Å². The topological polar surface area (TPSA) is 43.8 Å². The molecule has 2 rings (SSSR count). The first-order valence-corrected chi connectivity index (χ1v) is 8.05.